The molecule has 2 aliphatic heterocycles. The van der Waals surface area contributed by atoms with E-state index in [9.17, 15) is 19.2 Å². The summed E-state index contributed by atoms with van der Waals surface area (Å²) in [5, 5.41) is 2.86. The highest BCUT2D eigenvalue weighted by Gasteiger charge is 2.52. The van der Waals surface area contributed by atoms with Crippen molar-refractivity contribution in [2.45, 2.75) is 45.7 Å². The molecular formula is C26H30N4O4. The molecule has 1 unspecified atom stereocenters. The molecule has 2 heterocycles. The Hall–Kier alpha value is -3.68. The highest BCUT2D eigenvalue weighted by Crippen LogP contribution is 2.43. The number of amides is 4. The van der Waals surface area contributed by atoms with Crippen LogP contribution in [0.3, 0.4) is 0 Å². The summed E-state index contributed by atoms with van der Waals surface area (Å²) in [6.07, 6.45) is 0.911. The van der Waals surface area contributed by atoms with Crippen LogP contribution in [0.2, 0.25) is 0 Å². The summed E-state index contributed by atoms with van der Waals surface area (Å²) in [7, 11) is 1.57. The van der Waals surface area contributed by atoms with Gasteiger partial charge in [-0.3, -0.25) is 24.1 Å². The van der Waals surface area contributed by atoms with Gasteiger partial charge in [-0.2, -0.15) is 0 Å². The minimum absolute atomic E-state index is 0.0287. The fourth-order valence-electron chi connectivity index (χ4n) is 4.82. The van der Waals surface area contributed by atoms with Gasteiger partial charge >= 0.3 is 0 Å². The number of para-hydroxylation sites is 1. The molecule has 178 valence electrons. The Balaban J connectivity index is 1.42. The number of nitrogens with one attached hydrogen (secondary N) is 1. The molecule has 1 fully saturated rings. The zero-order valence-electron chi connectivity index (χ0n) is 20.1. The van der Waals surface area contributed by atoms with Gasteiger partial charge in [-0.25, -0.2) is 0 Å². The van der Waals surface area contributed by atoms with Crippen LogP contribution < -0.4 is 10.2 Å². The van der Waals surface area contributed by atoms with E-state index < -0.39 is 5.66 Å². The monoisotopic (exact) mass is 462 g/mol. The van der Waals surface area contributed by atoms with Crippen molar-refractivity contribution >= 4 is 35.0 Å². The Morgan fingerprint density at radius 1 is 1.09 bits per heavy atom. The van der Waals surface area contributed by atoms with Crippen LogP contribution in [0, 0.1) is 13.8 Å². The molecule has 0 aromatic heterocycles. The molecule has 0 radical (unpaired) electrons. The van der Waals surface area contributed by atoms with Gasteiger partial charge in [0.15, 0.2) is 0 Å². The van der Waals surface area contributed by atoms with Crippen molar-refractivity contribution in [1.82, 2.24) is 9.80 Å². The third kappa shape index (κ3) is 4.04. The molecule has 0 spiro atoms. The van der Waals surface area contributed by atoms with E-state index in [1.165, 1.54) is 4.90 Å². The molecule has 4 amide bonds. The van der Waals surface area contributed by atoms with Gasteiger partial charge in [0.2, 0.25) is 17.7 Å². The summed E-state index contributed by atoms with van der Waals surface area (Å²) in [5.41, 5.74) is 3.06. The van der Waals surface area contributed by atoms with Crippen LogP contribution >= 0.6 is 0 Å². The fourth-order valence-corrected chi connectivity index (χ4v) is 4.82. The molecule has 4 rings (SSSR count). The third-order valence-electron chi connectivity index (χ3n) is 6.98. The molecule has 8 nitrogen and oxygen atoms in total. The lowest BCUT2D eigenvalue weighted by atomic mass is 9.98. The number of fused-ring (bicyclic) bond motifs is 3. The van der Waals surface area contributed by atoms with Gasteiger partial charge in [0, 0.05) is 32.1 Å². The molecule has 0 saturated carbocycles. The van der Waals surface area contributed by atoms with Gasteiger partial charge in [-0.05, 0) is 56.5 Å². The molecule has 0 aliphatic carbocycles. The number of likely N-dealkylation sites (N-methyl/N-ethyl adjacent to an activating group) is 1. The second kappa shape index (κ2) is 8.93. The van der Waals surface area contributed by atoms with Gasteiger partial charge in [0.25, 0.3) is 5.91 Å². The topological polar surface area (TPSA) is 90.0 Å². The van der Waals surface area contributed by atoms with Crippen molar-refractivity contribution in [3.63, 3.8) is 0 Å². The fraction of sp³-hybridized carbons (Fsp3) is 0.385. The highest BCUT2D eigenvalue weighted by atomic mass is 16.2. The van der Waals surface area contributed by atoms with Gasteiger partial charge < -0.3 is 15.1 Å². The first-order chi connectivity index (χ1) is 16.1. The van der Waals surface area contributed by atoms with E-state index in [2.05, 4.69) is 5.32 Å². The largest absolute Gasteiger partial charge is 0.336 e. The van der Waals surface area contributed by atoms with Crippen molar-refractivity contribution < 1.29 is 19.2 Å². The smallest absolute Gasteiger partial charge is 0.257 e. The number of hydrogen-bond donors (Lipinski definition) is 1. The van der Waals surface area contributed by atoms with Crippen LogP contribution in [-0.2, 0) is 14.4 Å². The first-order valence-corrected chi connectivity index (χ1v) is 11.5. The summed E-state index contributed by atoms with van der Waals surface area (Å²) in [6, 6.07) is 12.8. The maximum atomic E-state index is 13.3. The SMILES string of the molecule is Cc1cccc(NC(=O)CN(C)C(=O)CCN2C(=O)c3ccccc3N3C(=O)CCC23C)c1C. The Labute approximate surface area is 199 Å². The first-order valence-electron chi connectivity index (χ1n) is 11.5. The Morgan fingerprint density at radius 3 is 2.59 bits per heavy atom. The van der Waals surface area contributed by atoms with Crippen molar-refractivity contribution in [2.75, 3.05) is 30.4 Å². The maximum absolute atomic E-state index is 13.3. The Morgan fingerprint density at radius 2 is 1.82 bits per heavy atom. The summed E-state index contributed by atoms with van der Waals surface area (Å²) in [6.45, 7) is 5.85. The number of benzene rings is 2. The molecule has 0 bridgehead atoms. The van der Waals surface area contributed by atoms with Crippen LogP contribution in [0.15, 0.2) is 42.5 Å². The number of anilines is 2. The maximum Gasteiger partial charge on any atom is 0.257 e. The lowest BCUT2D eigenvalue weighted by molar-refractivity contribution is -0.133. The molecule has 2 aromatic rings. The van der Waals surface area contributed by atoms with Crippen LogP contribution in [0.5, 0.6) is 0 Å². The number of carbonyl (C=O) groups is 4. The van der Waals surface area contributed by atoms with Gasteiger partial charge in [0.05, 0.1) is 17.8 Å². The van der Waals surface area contributed by atoms with Crippen molar-refractivity contribution in [1.29, 1.82) is 0 Å². The van der Waals surface area contributed by atoms with Crippen LogP contribution in [0.4, 0.5) is 11.4 Å². The second-order valence-corrected chi connectivity index (χ2v) is 9.22. The summed E-state index contributed by atoms with van der Waals surface area (Å²) >= 11 is 0. The summed E-state index contributed by atoms with van der Waals surface area (Å²) in [4.78, 5) is 56.0. The molecular weight excluding hydrogens is 432 g/mol. The zero-order valence-corrected chi connectivity index (χ0v) is 20.1. The molecule has 1 saturated heterocycles. The Bertz CT molecular complexity index is 1180. The molecule has 1 atom stereocenters. The molecule has 8 heteroatoms. The van der Waals surface area contributed by atoms with E-state index in [0.717, 1.165) is 16.8 Å². The molecule has 2 aromatic carbocycles. The van der Waals surface area contributed by atoms with Gasteiger partial charge in [0.1, 0.15) is 5.66 Å². The molecule has 2 aliphatic rings. The van der Waals surface area contributed by atoms with Gasteiger partial charge in [-0.15, -0.1) is 0 Å². The number of nitrogens with zero attached hydrogens (tertiary/aromatic N) is 3. The molecule has 34 heavy (non-hydrogen) atoms. The van der Waals surface area contributed by atoms with Crippen LogP contribution in [0.1, 0.15) is 47.7 Å². The normalized spacial score (nSPS) is 19.1. The average Bonchev–Trinajstić information content (AvgIpc) is 3.11. The zero-order chi connectivity index (χ0) is 24.6. The lowest BCUT2D eigenvalue weighted by Crippen LogP contribution is -2.62. The van der Waals surface area contributed by atoms with Crippen molar-refractivity contribution in [2.24, 2.45) is 0 Å². The predicted octanol–water partition coefficient (Wildman–Crippen LogP) is 3.09. The standard InChI is InChI=1S/C26H30N4O4/c1-17-8-7-10-20(18(17)2)27-22(31)16-28(4)23(32)13-15-29-25(34)19-9-5-6-11-21(19)30-24(33)12-14-26(29,30)3/h5-11H,12-16H2,1-4H3,(H,27,31). The highest BCUT2D eigenvalue weighted by molar-refractivity contribution is 6.10. The van der Waals surface area contributed by atoms with E-state index >= 15 is 0 Å². The third-order valence-corrected chi connectivity index (χ3v) is 6.98. The lowest BCUT2D eigenvalue weighted by Gasteiger charge is -2.48. The minimum atomic E-state index is -0.804. The number of hydrogen-bond acceptors (Lipinski definition) is 4. The Kier molecular flexibility index (Phi) is 6.17. The first kappa shape index (κ1) is 23.5. The van der Waals surface area contributed by atoms with E-state index in [1.807, 2.05) is 45.0 Å². The number of aryl methyl sites for hydroxylation is 1. The predicted molar refractivity (Wildman–Crippen MR) is 129 cm³/mol. The van der Waals surface area contributed by atoms with E-state index in [0.29, 0.717) is 24.1 Å². The quantitative estimate of drug-likeness (QED) is 0.714. The van der Waals surface area contributed by atoms with Gasteiger partial charge in [-0.1, -0.05) is 24.3 Å². The van der Waals surface area contributed by atoms with Crippen molar-refractivity contribution in [3.8, 4) is 0 Å². The van der Waals surface area contributed by atoms with E-state index in [1.54, 1.807) is 35.0 Å². The van der Waals surface area contributed by atoms with E-state index in [-0.39, 0.29) is 43.1 Å². The van der Waals surface area contributed by atoms with Crippen molar-refractivity contribution in [3.05, 3.63) is 59.2 Å². The van der Waals surface area contributed by atoms with Crippen LogP contribution in [0.25, 0.3) is 0 Å². The second-order valence-electron chi connectivity index (χ2n) is 9.22. The number of carbonyl (C=O) groups excluding carboxylic acids is 4. The van der Waals surface area contributed by atoms with E-state index in [4.69, 9.17) is 0 Å². The minimum Gasteiger partial charge on any atom is -0.336 e. The molecule has 1 N–H and O–H groups in total. The summed E-state index contributed by atoms with van der Waals surface area (Å²) in [5.74, 6) is -0.750. The number of rotatable bonds is 6. The van der Waals surface area contributed by atoms with Crippen LogP contribution in [-0.4, -0.2) is 59.2 Å². The average molecular weight is 463 g/mol. The summed E-state index contributed by atoms with van der Waals surface area (Å²) < 4.78 is 0.